The minimum Gasteiger partial charge on any atom is -0.393 e. The van der Waals surface area contributed by atoms with E-state index in [9.17, 15) is 0 Å². The minimum atomic E-state index is -0.270. The van der Waals surface area contributed by atoms with Crippen LogP contribution in [0.3, 0.4) is 0 Å². The van der Waals surface area contributed by atoms with Gasteiger partial charge in [-0.3, -0.25) is 0 Å². The molecule has 0 heterocycles. The van der Waals surface area contributed by atoms with Crippen LogP contribution in [-0.4, -0.2) is 21.2 Å². The van der Waals surface area contributed by atoms with Gasteiger partial charge in [0.15, 0.2) is 0 Å². The number of nitriles is 1. The Morgan fingerprint density at radius 1 is 1.64 bits per heavy atom. The first-order valence-electron chi connectivity index (χ1n) is 3.85. The average Bonchev–Trinajstić information content (AvgIpc) is 1.82. The zero-order valence-electron chi connectivity index (χ0n) is 6.87. The second-order valence-electron chi connectivity index (χ2n) is 3.33. The molecule has 11 heavy (non-hydrogen) atoms. The van der Waals surface area contributed by atoms with E-state index in [0.29, 0.717) is 18.1 Å². The van der Waals surface area contributed by atoms with Crippen molar-refractivity contribution in [2.24, 2.45) is 0 Å². The first kappa shape index (κ1) is 8.89. The lowest BCUT2D eigenvalue weighted by atomic mass is 9.82. The SMILES string of the molecule is CC(C)SC1(C#N)CC(O)C1. The van der Waals surface area contributed by atoms with Crippen LogP contribution in [0.5, 0.6) is 0 Å². The zero-order valence-corrected chi connectivity index (χ0v) is 7.69. The molecule has 1 saturated carbocycles. The van der Waals surface area contributed by atoms with E-state index < -0.39 is 0 Å². The molecule has 0 aromatic carbocycles. The monoisotopic (exact) mass is 171 g/mol. The molecule has 0 amide bonds. The van der Waals surface area contributed by atoms with Crippen molar-refractivity contribution in [3.63, 3.8) is 0 Å². The Labute approximate surface area is 71.6 Å². The highest BCUT2D eigenvalue weighted by molar-refractivity contribution is 8.01. The summed E-state index contributed by atoms with van der Waals surface area (Å²) in [6, 6.07) is 2.28. The molecule has 0 bridgehead atoms. The Kier molecular flexibility index (Phi) is 2.46. The summed E-state index contributed by atoms with van der Waals surface area (Å²) in [5, 5.41) is 18.4. The lowest BCUT2D eigenvalue weighted by Crippen LogP contribution is -2.44. The molecule has 3 heteroatoms. The smallest absolute Gasteiger partial charge is 0.107 e. The fourth-order valence-electron chi connectivity index (χ4n) is 1.37. The van der Waals surface area contributed by atoms with Gasteiger partial charge < -0.3 is 5.11 Å². The Bertz CT molecular complexity index is 179. The third-order valence-electron chi connectivity index (χ3n) is 1.80. The maximum Gasteiger partial charge on any atom is 0.107 e. The van der Waals surface area contributed by atoms with Crippen LogP contribution in [0.4, 0.5) is 0 Å². The first-order chi connectivity index (χ1) is 5.08. The van der Waals surface area contributed by atoms with Gasteiger partial charge in [0.2, 0.25) is 0 Å². The predicted molar refractivity (Wildman–Crippen MR) is 46.3 cm³/mol. The van der Waals surface area contributed by atoms with Crippen molar-refractivity contribution in [1.29, 1.82) is 5.26 Å². The van der Waals surface area contributed by atoms with Gasteiger partial charge in [-0.1, -0.05) is 13.8 Å². The van der Waals surface area contributed by atoms with Crippen molar-refractivity contribution in [3.8, 4) is 6.07 Å². The summed E-state index contributed by atoms with van der Waals surface area (Å²) in [6.07, 6.45) is 1.06. The van der Waals surface area contributed by atoms with Crippen molar-refractivity contribution in [2.45, 2.75) is 42.8 Å². The number of aliphatic hydroxyl groups excluding tert-OH is 1. The van der Waals surface area contributed by atoms with Gasteiger partial charge in [0.05, 0.1) is 12.2 Å². The molecular formula is C8H13NOS. The van der Waals surface area contributed by atoms with E-state index >= 15 is 0 Å². The summed E-state index contributed by atoms with van der Waals surface area (Å²) in [6.45, 7) is 4.16. The zero-order chi connectivity index (χ0) is 8.48. The number of nitrogens with zero attached hydrogens (tertiary/aromatic N) is 1. The normalized spacial score (nSPS) is 36.5. The van der Waals surface area contributed by atoms with Crippen LogP contribution in [0, 0.1) is 11.3 Å². The number of rotatable bonds is 2. The number of hydrogen-bond acceptors (Lipinski definition) is 3. The molecule has 1 aliphatic rings. The third kappa shape index (κ3) is 1.88. The molecule has 0 saturated heterocycles. The van der Waals surface area contributed by atoms with Gasteiger partial charge in [0.1, 0.15) is 4.75 Å². The molecule has 1 rings (SSSR count). The summed E-state index contributed by atoms with van der Waals surface area (Å²) in [5.41, 5.74) is 0. The Balaban J connectivity index is 2.46. The minimum absolute atomic E-state index is 0.235. The highest BCUT2D eigenvalue weighted by atomic mass is 32.2. The van der Waals surface area contributed by atoms with E-state index in [1.807, 2.05) is 0 Å². The second kappa shape index (κ2) is 3.04. The highest BCUT2D eigenvalue weighted by Crippen LogP contribution is 2.45. The van der Waals surface area contributed by atoms with E-state index in [1.54, 1.807) is 11.8 Å². The van der Waals surface area contributed by atoms with Crippen LogP contribution in [0.15, 0.2) is 0 Å². The van der Waals surface area contributed by atoms with Gasteiger partial charge in [0.25, 0.3) is 0 Å². The molecular weight excluding hydrogens is 158 g/mol. The van der Waals surface area contributed by atoms with Crippen molar-refractivity contribution in [3.05, 3.63) is 0 Å². The van der Waals surface area contributed by atoms with Gasteiger partial charge in [-0.15, -0.1) is 11.8 Å². The van der Waals surface area contributed by atoms with Crippen molar-refractivity contribution in [1.82, 2.24) is 0 Å². The molecule has 1 fully saturated rings. The molecule has 1 N–H and O–H groups in total. The molecule has 0 spiro atoms. The standard InChI is InChI=1S/C8H13NOS/c1-6(2)11-8(5-9)3-7(10)4-8/h6-7,10H,3-4H2,1-2H3. The van der Waals surface area contributed by atoms with Crippen LogP contribution in [0.1, 0.15) is 26.7 Å². The third-order valence-corrected chi connectivity index (χ3v) is 3.14. The van der Waals surface area contributed by atoms with E-state index in [2.05, 4.69) is 19.9 Å². The quantitative estimate of drug-likeness (QED) is 0.685. The molecule has 1 aliphatic carbocycles. The fourth-order valence-corrected chi connectivity index (χ4v) is 2.90. The summed E-state index contributed by atoms with van der Waals surface area (Å²) < 4.78 is -0.270. The summed E-state index contributed by atoms with van der Waals surface area (Å²) >= 11 is 1.67. The maximum atomic E-state index is 9.06. The predicted octanol–water partition coefficient (Wildman–Crippen LogP) is 1.55. The lowest BCUT2D eigenvalue weighted by Gasteiger charge is -2.40. The van der Waals surface area contributed by atoms with Gasteiger partial charge in [-0.05, 0) is 0 Å². The fraction of sp³-hybridized carbons (Fsp3) is 0.875. The summed E-state index contributed by atoms with van der Waals surface area (Å²) in [7, 11) is 0. The largest absolute Gasteiger partial charge is 0.393 e. The topological polar surface area (TPSA) is 44.0 Å². The Morgan fingerprint density at radius 3 is 2.45 bits per heavy atom. The molecule has 0 radical (unpaired) electrons. The molecule has 0 atom stereocenters. The van der Waals surface area contributed by atoms with E-state index in [4.69, 9.17) is 10.4 Å². The van der Waals surface area contributed by atoms with E-state index in [1.165, 1.54) is 0 Å². The molecule has 2 nitrogen and oxygen atoms in total. The molecule has 0 unspecified atom stereocenters. The van der Waals surface area contributed by atoms with Crippen molar-refractivity contribution >= 4 is 11.8 Å². The second-order valence-corrected chi connectivity index (χ2v) is 5.29. The van der Waals surface area contributed by atoms with Crippen LogP contribution >= 0.6 is 11.8 Å². The molecule has 0 aliphatic heterocycles. The number of hydrogen-bond donors (Lipinski definition) is 1. The molecule has 62 valence electrons. The van der Waals surface area contributed by atoms with Gasteiger partial charge in [-0.2, -0.15) is 5.26 Å². The molecule has 0 aromatic rings. The van der Waals surface area contributed by atoms with Gasteiger partial charge in [0, 0.05) is 18.1 Å². The lowest BCUT2D eigenvalue weighted by molar-refractivity contribution is 0.0802. The molecule has 0 aromatic heterocycles. The first-order valence-corrected chi connectivity index (χ1v) is 4.73. The Hall–Kier alpha value is -0.200. The van der Waals surface area contributed by atoms with Gasteiger partial charge >= 0.3 is 0 Å². The van der Waals surface area contributed by atoms with Crippen LogP contribution in [0.25, 0.3) is 0 Å². The van der Waals surface area contributed by atoms with E-state index in [-0.39, 0.29) is 10.9 Å². The van der Waals surface area contributed by atoms with Crippen LogP contribution in [-0.2, 0) is 0 Å². The Morgan fingerprint density at radius 2 is 2.18 bits per heavy atom. The number of thioether (sulfide) groups is 1. The van der Waals surface area contributed by atoms with Gasteiger partial charge in [-0.25, -0.2) is 0 Å². The van der Waals surface area contributed by atoms with E-state index in [0.717, 1.165) is 0 Å². The summed E-state index contributed by atoms with van der Waals surface area (Å²) in [5.74, 6) is 0. The average molecular weight is 171 g/mol. The number of aliphatic hydroxyl groups is 1. The highest BCUT2D eigenvalue weighted by Gasteiger charge is 2.44. The van der Waals surface area contributed by atoms with Crippen molar-refractivity contribution in [2.75, 3.05) is 0 Å². The van der Waals surface area contributed by atoms with Crippen LogP contribution in [0.2, 0.25) is 0 Å². The maximum absolute atomic E-state index is 9.06. The van der Waals surface area contributed by atoms with Crippen molar-refractivity contribution < 1.29 is 5.11 Å². The van der Waals surface area contributed by atoms with Crippen LogP contribution < -0.4 is 0 Å². The summed E-state index contributed by atoms with van der Waals surface area (Å²) in [4.78, 5) is 0.